The quantitative estimate of drug-likeness (QED) is 0.225. The lowest BCUT2D eigenvalue weighted by Gasteiger charge is -2.36. The zero-order valence-electron chi connectivity index (χ0n) is 26.0. The van der Waals surface area contributed by atoms with E-state index in [4.69, 9.17) is 4.74 Å². The Kier molecular flexibility index (Phi) is 12.7. The van der Waals surface area contributed by atoms with Gasteiger partial charge in [-0.05, 0) is 64.2 Å². The minimum absolute atomic E-state index is 0.0841. The standard InChI is InChI=1S/C33H49N3O5/c1-9-10-11-12-15-21-36(31(39)27(22(2)3)35-32(40)41-33(6,7)8)29(25-19-13-14-20-26(25)37)30(38)34-28-23(4)17-16-18-24(28)5/h13-14,16-20,22,27,29,37H,9-12,15,21H2,1-8H3,(H,34,38)(H,35,40). The first kappa shape index (κ1) is 33.7. The van der Waals surface area contributed by atoms with Gasteiger partial charge in [0.2, 0.25) is 5.91 Å². The van der Waals surface area contributed by atoms with Gasteiger partial charge in [-0.3, -0.25) is 9.59 Å². The first-order chi connectivity index (χ1) is 19.3. The van der Waals surface area contributed by atoms with Gasteiger partial charge in [-0.25, -0.2) is 4.79 Å². The first-order valence-corrected chi connectivity index (χ1v) is 14.7. The number of unbranched alkanes of at least 4 members (excludes halogenated alkanes) is 4. The Bertz CT molecular complexity index is 1150. The minimum atomic E-state index is -1.13. The lowest BCUT2D eigenvalue weighted by atomic mass is 9.97. The van der Waals surface area contributed by atoms with Crippen LogP contribution in [-0.2, 0) is 14.3 Å². The summed E-state index contributed by atoms with van der Waals surface area (Å²) >= 11 is 0. The number of para-hydroxylation sites is 2. The molecule has 2 unspecified atom stereocenters. The molecule has 3 amide bonds. The summed E-state index contributed by atoms with van der Waals surface area (Å²) in [6, 6.07) is 10.3. The number of alkyl carbamates (subject to hydrolysis) is 1. The number of carbonyl (C=O) groups excluding carboxylic acids is 3. The lowest BCUT2D eigenvalue weighted by molar-refractivity contribution is -0.141. The van der Waals surface area contributed by atoms with Crippen molar-refractivity contribution in [2.24, 2.45) is 5.92 Å². The number of nitrogens with one attached hydrogen (secondary N) is 2. The number of ether oxygens (including phenoxy) is 1. The van der Waals surface area contributed by atoms with Crippen LogP contribution in [0.1, 0.15) is 96.4 Å². The fraction of sp³-hybridized carbons (Fsp3) is 0.545. The Morgan fingerprint density at radius 1 is 0.927 bits per heavy atom. The van der Waals surface area contributed by atoms with Gasteiger partial charge in [0.15, 0.2) is 0 Å². The molecule has 2 rings (SSSR count). The SMILES string of the molecule is CCCCCCCN(C(=O)C(NC(=O)OC(C)(C)C)C(C)C)C(C(=O)Nc1c(C)cccc1C)c1ccccc1O. The van der Waals surface area contributed by atoms with E-state index in [1.54, 1.807) is 39.0 Å². The largest absolute Gasteiger partial charge is 0.508 e. The van der Waals surface area contributed by atoms with Crippen molar-refractivity contribution in [2.75, 3.05) is 11.9 Å². The van der Waals surface area contributed by atoms with E-state index >= 15 is 0 Å². The van der Waals surface area contributed by atoms with Crippen LogP contribution in [0.5, 0.6) is 5.75 Å². The van der Waals surface area contributed by atoms with Gasteiger partial charge in [-0.1, -0.05) is 82.9 Å². The van der Waals surface area contributed by atoms with E-state index in [1.807, 2.05) is 45.9 Å². The van der Waals surface area contributed by atoms with Crippen molar-refractivity contribution in [1.29, 1.82) is 0 Å². The maximum atomic E-state index is 14.3. The van der Waals surface area contributed by atoms with E-state index in [-0.39, 0.29) is 18.2 Å². The van der Waals surface area contributed by atoms with Crippen molar-refractivity contribution >= 4 is 23.6 Å². The third-order valence-electron chi connectivity index (χ3n) is 6.91. The zero-order chi connectivity index (χ0) is 30.7. The highest BCUT2D eigenvalue weighted by Gasteiger charge is 2.38. The number of nitrogens with zero attached hydrogens (tertiary/aromatic N) is 1. The van der Waals surface area contributed by atoms with Crippen molar-refractivity contribution in [1.82, 2.24) is 10.2 Å². The highest BCUT2D eigenvalue weighted by Crippen LogP contribution is 2.32. The molecule has 8 nitrogen and oxygen atoms in total. The molecule has 0 heterocycles. The normalized spacial score (nSPS) is 12.9. The Hall–Kier alpha value is -3.55. The Morgan fingerprint density at radius 3 is 2.10 bits per heavy atom. The molecule has 41 heavy (non-hydrogen) atoms. The van der Waals surface area contributed by atoms with Gasteiger partial charge in [0.25, 0.3) is 5.91 Å². The van der Waals surface area contributed by atoms with Gasteiger partial charge in [0.1, 0.15) is 23.4 Å². The van der Waals surface area contributed by atoms with Crippen molar-refractivity contribution in [3.63, 3.8) is 0 Å². The topological polar surface area (TPSA) is 108 Å². The zero-order valence-corrected chi connectivity index (χ0v) is 26.0. The summed E-state index contributed by atoms with van der Waals surface area (Å²) < 4.78 is 5.45. The summed E-state index contributed by atoms with van der Waals surface area (Å²) in [5.41, 5.74) is 2.02. The Labute approximate surface area is 245 Å². The maximum Gasteiger partial charge on any atom is 0.408 e. The van der Waals surface area contributed by atoms with Crippen LogP contribution in [0.15, 0.2) is 42.5 Å². The van der Waals surface area contributed by atoms with E-state index in [2.05, 4.69) is 17.6 Å². The van der Waals surface area contributed by atoms with Crippen LogP contribution in [0.3, 0.4) is 0 Å². The van der Waals surface area contributed by atoms with Crippen LogP contribution < -0.4 is 10.6 Å². The summed E-state index contributed by atoms with van der Waals surface area (Å²) in [5, 5.41) is 16.7. The number of carbonyl (C=O) groups is 3. The van der Waals surface area contributed by atoms with Crippen LogP contribution in [0, 0.1) is 19.8 Å². The van der Waals surface area contributed by atoms with E-state index in [9.17, 15) is 19.5 Å². The molecule has 0 saturated heterocycles. The van der Waals surface area contributed by atoms with Crippen LogP contribution in [0.25, 0.3) is 0 Å². The molecule has 226 valence electrons. The molecule has 2 atom stereocenters. The average Bonchev–Trinajstić information content (AvgIpc) is 2.88. The van der Waals surface area contributed by atoms with Gasteiger partial charge < -0.3 is 25.4 Å². The molecule has 0 radical (unpaired) electrons. The molecule has 2 aromatic carbocycles. The molecule has 0 aromatic heterocycles. The van der Waals surface area contributed by atoms with E-state index < -0.39 is 35.6 Å². The second kappa shape index (κ2) is 15.5. The fourth-order valence-corrected chi connectivity index (χ4v) is 4.75. The second-order valence-electron chi connectivity index (χ2n) is 12.0. The number of anilines is 1. The summed E-state index contributed by atoms with van der Waals surface area (Å²) in [6.07, 6.45) is 4.03. The second-order valence-corrected chi connectivity index (χ2v) is 12.0. The third-order valence-corrected chi connectivity index (χ3v) is 6.91. The molecule has 0 aliphatic rings. The van der Waals surface area contributed by atoms with E-state index in [0.29, 0.717) is 17.7 Å². The van der Waals surface area contributed by atoms with Gasteiger partial charge >= 0.3 is 6.09 Å². The fourth-order valence-electron chi connectivity index (χ4n) is 4.75. The molecule has 0 aliphatic carbocycles. The molecule has 0 aliphatic heterocycles. The van der Waals surface area contributed by atoms with Crippen molar-refractivity contribution in [3.05, 3.63) is 59.2 Å². The van der Waals surface area contributed by atoms with E-state index in [0.717, 1.165) is 36.8 Å². The summed E-state index contributed by atoms with van der Waals surface area (Å²) in [4.78, 5) is 42.7. The number of aryl methyl sites for hydroxylation is 2. The van der Waals surface area contributed by atoms with Crippen molar-refractivity contribution in [3.8, 4) is 5.75 Å². The Morgan fingerprint density at radius 2 is 1.54 bits per heavy atom. The minimum Gasteiger partial charge on any atom is -0.508 e. The van der Waals surface area contributed by atoms with Crippen LogP contribution in [0.2, 0.25) is 0 Å². The number of amides is 3. The van der Waals surface area contributed by atoms with Gasteiger partial charge in [-0.15, -0.1) is 0 Å². The summed E-state index contributed by atoms with van der Waals surface area (Å²) in [6.45, 7) is 15.2. The van der Waals surface area contributed by atoms with Crippen LogP contribution in [0.4, 0.5) is 10.5 Å². The third kappa shape index (κ3) is 10.1. The first-order valence-electron chi connectivity index (χ1n) is 14.7. The molecular formula is C33H49N3O5. The van der Waals surface area contributed by atoms with Gasteiger partial charge in [-0.2, -0.15) is 0 Å². The highest BCUT2D eigenvalue weighted by atomic mass is 16.6. The van der Waals surface area contributed by atoms with Gasteiger partial charge in [0, 0.05) is 17.8 Å². The Balaban J connectivity index is 2.57. The average molecular weight is 568 g/mol. The smallest absolute Gasteiger partial charge is 0.408 e. The van der Waals surface area contributed by atoms with E-state index in [1.165, 1.54) is 11.0 Å². The molecule has 2 aromatic rings. The number of phenolic OH excluding ortho intramolecular Hbond substituents is 1. The number of hydrogen-bond donors (Lipinski definition) is 3. The summed E-state index contributed by atoms with van der Waals surface area (Å²) in [5.74, 6) is -1.22. The monoisotopic (exact) mass is 567 g/mol. The molecule has 8 heteroatoms. The molecule has 0 saturated carbocycles. The number of rotatable bonds is 13. The van der Waals surface area contributed by atoms with Crippen LogP contribution in [-0.4, -0.2) is 46.1 Å². The number of aromatic hydroxyl groups is 1. The van der Waals surface area contributed by atoms with Crippen molar-refractivity contribution in [2.45, 2.75) is 105 Å². The number of benzene rings is 2. The number of hydrogen-bond acceptors (Lipinski definition) is 5. The molecule has 3 N–H and O–H groups in total. The van der Waals surface area contributed by atoms with Crippen LogP contribution >= 0.6 is 0 Å². The predicted octanol–water partition coefficient (Wildman–Crippen LogP) is 7.04. The van der Waals surface area contributed by atoms with Crippen molar-refractivity contribution < 1.29 is 24.2 Å². The predicted molar refractivity (Wildman–Crippen MR) is 164 cm³/mol. The molecule has 0 spiro atoms. The maximum absolute atomic E-state index is 14.3. The molecule has 0 bridgehead atoms. The molecular weight excluding hydrogens is 518 g/mol. The lowest BCUT2D eigenvalue weighted by Crippen LogP contribution is -2.54. The highest BCUT2D eigenvalue weighted by molar-refractivity contribution is 6.00. The molecule has 0 fully saturated rings. The summed E-state index contributed by atoms with van der Waals surface area (Å²) in [7, 11) is 0. The number of phenols is 1. The van der Waals surface area contributed by atoms with Gasteiger partial charge in [0.05, 0.1) is 0 Å².